The summed E-state index contributed by atoms with van der Waals surface area (Å²) >= 11 is 5.88. The summed E-state index contributed by atoms with van der Waals surface area (Å²) in [6.07, 6.45) is 2.00. The van der Waals surface area contributed by atoms with E-state index in [0.717, 1.165) is 19.3 Å². The molecule has 2 atom stereocenters. The minimum Gasteiger partial charge on any atom is -0.454 e. The van der Waals surface area contributed by atoms with Crippen LogP contribution in [0.1, 0.15) is 52.9 Å². The van der Waals surface area contributed by atoms with Crippen molar-refractivity contribution in [1.82, 2.24) is 5.32 Å². The molecule has 152 valence electrons. The monoisotopic (exact) mass is 414 g/mol. The lowest BCUT2D eigenvalue weighted by molar-refractivity contribution is -0.146. The molecule has 1 aliphatic rings. The number of benzene rings is 2. The fraction of sp³-hybridized carbons (Fsp3) is 0.318. The topological polar surface area (TPSA) is 98.5 Å². The Labute approximate surface area is 174 Å². The number of esters is 1. The van der Waals surface area contributed by atoms with E-state index < -0.39 is 24.1 Å². The molecule has 0 saturated carbocycles. The maximum absolute atomic E-state index is 12.7. The number of ether oxygens (including phenoxy) is 1. The first-order chi connectivity index (χ1) is 13.8. The van der Waals surface area contributed by atoms with Gasteiger partial charge < -0.3 is 15.8 Å². The molecule has 0 aliphatic heterocycles. The molecule has 0 fully saturated rings. The molecule has 0 heterocycles. The molecule has 0 bridgehead atoms. The standard InChI is InChI=1S/C22H23ClN2O4/c1-13(21(27)17-6-5-14-3-2-4-16(14)11-17)29-20(26)12-19(25-22(24)28)15-7-9-18(23)10-8-15/h5-11,13,19H,2-4,12H2,1H3,(H3,24,25,28)/t13-,19-/m0/s1. The molecule has 0 aromatic heterocycles. The first-order valence-electron chi connectivity index (χ1n) is 9.50. The number of primary amides is 1. The SMILES string of the molecule is C[C@H](OC(=O)C[C@H](NC(N)=O)c1ccc(Cl)cc1)C(=O)c1ccc2c(c1)CCC2. The van der Waals surface area contributed by atoms with E-state index in [1.54, 1.807) is 37.3 Å². The van der Waals surface area contributed by atoms with Crippen molar-refractivity contribution in [2.45, 2.75) is 44.8 Å². The second-order valence-corrected chi connectivity index (χ2v) is 7.59. The van der Waals surface area contributed by atoms with Gasteiger partial charge in [0, 0.05) is 10.6 Å². The minimum atomic E-state index is -0.929. The van der Waals surface area contributed by atoms with Crippen LogP contribution >= 0.6 is 11.6 Å². The zero-order chi connectivity index (χ0) is 21.0. The van der Waals surface area contributed by atoms with Crippen LogP contribution in [0.2, 0.25) is 5.02 Å². The Morgan fingerprint density at radius 2 is 1.79 bits per heavy atom. The highest BCUT2D eigenvalue weighted by Crippen LogP contribution is 2.24. The molecule has 3 N–H and O–H groups in total. The number of fused-ring (bicyclic) bond motifs is 1. The van der Waals surface area contributed by atoms with Crippen LogP contribution in [0.25, 0.3) is 0 Å². The molecule has 2 aromatic rings. The fourth-order valence-electron chi connectivity index (χ4n) is 3.54. The molecular weight excluding hydrogens is 392 g/mol. The Morgan fingerprint density at radius 3 is 2.48 bits per heavy atom. The van der Waals surface area contributed by atoms with Gasteiger partial charge in [0.05, 0.1) is 12.5 Å². The Kier molecular flexibility index (Phi) is 6.54. The van der Waals surface area contributed by atoms with Crippen LogP contribution in [0, 0.1) is 0 Å². The fourth-order valence-corrected chi connectivity index (χ4v) is 3.67. The first kappa shape index (κ1) is 20.9. The number of carbonyl (C=O) groups is 3. The predicted octanol–water partition coefficient (Wildman–Crippen LogP) is 3.74. The number of Topliss-reactive ketones (excluding diaryl/α,β-unsaturated/α-hetero) is 1. The summed E-state index contributed by atoms with van der Waals surface area (Å²) in [7, 11) is 0. The summed E-state index contributed by atoms with van der Waals surface area (Å²) in [6, 6.07) is 10.9. The quantitative estimate of drug-likeness (QED) is 0.532. The molecule has 7 heteroatoms. The van der Waals surface area contributed by atoms with Gasteiger partial charge in [-0.1, -0.05) is 35.9 Å². The highest BCUT2D eigenvalue weighted by molar-refractivity contribution is 6.30. The van der Waals surface area contributed by atoms with Gasteiger partial charge in [-0.3, -0.25) is 9.59 Å². The molecule has 0 saturated heterocycles. The van der Waals surface area contributed by atoms with Crippen LogP contribution in [0.15, 0.2) is 42.5 Å². The van der Waals surface area contributed by atoms with Crippen LogP contribution < -0.4 is 11.1 Å². The second-order valence-electron chi connectivity index (χ2n) is 7.15. The van der Waals surface area contributed by atoms with E-state index in [4.69, 9.17) is 22.1 Å². The molecule has 0 unspecified atom stereocenters. The largest absolute Gasteiger partial charge is 0.454 e. The van der Waals surface area contributed by atoms with Gasteiger partial charge in [0.1, 0.15) is 0 Å². The van der Waals surface area contributed by atoms with E-state index in [1.165, 1.54) is 11.1 Å². The average Bonchev–Trinajstić information content (AvgIpc) is 3.14. The highest BCUT2D eigenvalue weighted by Gasteiger charge is 2.24. The number of nitrogens with one attached hydrogen (secondary N) is 1. The summed E-state index contributed by atoms with van der Waals surface area (Å²) in [4.78, 5) is 36.4. The van der Waals surface area contributed by atoms with Gasteiger partial charge in [-0.05, 0) is 61.1 Å². The van der Waals surface area contributed by atoms with Gasteiger partial charge in [0.15, 0.2) is 6.10 Å². The molecule has 0 radical (unpaired) electrons. The summed E-state index contributed by atoms with van der Waals surface area (Å²) in [6.45, 7) is 1.55. The molecule has 1 aliphatic carbocycles. The number of hydrogen-bond donors (Lipinski definition) is 2. The van der Waals surface area contributed by atoms with E-state index in [1.807, 2.05) is 12.1 Å². The number of ketones is 1. The average molecular weight is 415 g/mol. The van der Waals surface area contributed by atoms with Crippen molar-refractivity contribution in [3.8, 4) is 0 Å². The molecule has 29 heavy (non-hydrogen) atoms. The maximum Gasteiger partial charge on any atom is 0.312 e. The smallest absolute Gasteiger partial charge is 0.312 e. The van der Waals surface area contributed by atoms with Gasteiger partial charge >= 0.3 is 12.0 Å². The zero-order valence-electron chi connectivity index (χ0n) is 16.1. The molecule has 2 aromatic carbocycles. The zero-order valence-corrected chi connectivity index (χ0v) is 16.9. The molecule has 3 rings (SSSR count). The van der Waals surface area contributed by atoms with Gasteiger partial charge in [0.2, 0.25) is 5.78 Å². The van der Waals surface area contributed by atoms with E-state index >= 15 is 0 Å². The number of amides is 2. The number of rotatable bonds is 7. The van der Waals surface area contributed by atoms with Crippen molar-refractivity contribution in [2.75, 3.05) is 0 Å². The van der Waals surface area contributed by atoms with Gasteiger partial charge in [-0.15, -0.1) is 0 Å². The maximum atomic E-state index is 12.7. The first-order valence-corrected chi connectivity index (χ1v) is 9.88. The predicted molar refractivity (Wildman–Crippen MR) is 110 cm³/mol. The Hall–Kier alpha value is -2.86. The van der Waals surface area contributed by atoms with E-state index in [0.29, 0.717) is 16.1 Å². The molecular formula is C22H23ClN2O4. The van der Waals surface area contributed by atoms with Gasteiger partial charge in [-0.2, -0.15) is 0 Å². The van der Waals surface area contributed by atoms with E-state index in [2.05, 4.69) is 5.32 Å². The van der Waals surface area contributed by atoms with Crippen LogP contribution in [-0.4, -0.2) is 23.9 Å². The van der Waals surface area contributed by atoms with Crippen molar-refractivity contribution < 1.29 is 19.1 Å². The van der Waals surface area contributed by atoms with Crippen LogP contribution in [0.3, 0.4) is 0 Å². The lowest BCUT2D eigenvalue weighted by atomic mass is 10.0. The minimum absolute atomic E-state index is 0.160. The molecule has 2 amide bonds. The number of aryl methyl sites for hydroxylation is 2. The Balaban J connectivity index is 1.64. The summed E-state index contributed by atoms with van der Waals surface area (Å²) in [5, 5.41) is 3.05. The number of hydrogen-bond acceptors (Lipinski definition) is 4. The van der Waals surface area contributed by atoms with Crippen LogP contribution in [-0.2, 0) is 22.4 Å². The number of urea groups is 1. The Morgan fingerprint density at radius 1 is 1.10 bits per heavy atom. The lowest BCUT2D eigenvalue weighted by Gasteiger charge is -2.19. The third-order valence-electron chi connectivity index (χ3n) is 5.02. The Bertz CT molecular complexity index is 927. The second kappa shape index (κ2) is 9.09. The van der Waals surface area contributed by atoms with Crippen molar-refractivity contribution in [3.63, 3.8) is 0 Å². The van der Waals surface area contributed by atoms with E-state index in [9.17, 15) is 14.4 Å². The third-order valence-corrected chi connectivity index (χ3v) is 5.27. The van der Waals surface area contributed by atoms with Crippen LogP contribution in [0.4, 0.5) is 4.79 Å². The van der Waals surface area contributed by atoms with Crippen molar-refractivity contribution >= 4 is 29.4 Å². The van der Waals surface area contributed by atoms with Crippen molar-refractivity contribution in [2.24, 2.45) is 5.73 Å². The van der Waals surface area contributed by atoms with E-state index in [-0.39, 0.29) is 12.2 Å². The van der Waals surface area contributed by atoms with Gasteiger partial charge in [0.25, 0.3) is 0 Å². The summed E-state index contributed by atoms with van der Waals surface area (Å²) in [5.41, 5.74) is 8.87. The number of nitrogens with two attached hydrogens (primary N) is 1. The highest BCUT2D eigenvalue weighted by atomic mass is 35.5. The van der Waals surface area contributed by atoms with Crippen molar-refractivity contribution in [3.05, 3.63) is 69.7 Å². The third kappa shape index (κ3) is 5.35. The normalized spacial score (nSPS) is 14.6. The summed E-state index contributed by atoms with van der Waals surface area (Å²) in [5.74, 6) is -0.861. The van der Waals surface area contributed by atoms with Crippen LogP contribution in [0.5, 0.6) is 0 Å². The summed E-state index contributed by atoms with van der Waals surface area (Å²) < 4.78 is 5.34. The van der Waals surface area contributed by atoms with Gasteiger partial charge in [-0.25, -0.2) is 4.79 Å². The number of carbonyl (C=O) groups excluding carboxylic acids is 3. The molecule has 6 nitrogen and oxygen atoms in total. The van der Waals surface area contributed by atoms with Crippen molar-refractivity contribution in [1.29, 1.82) is 0 Å². The number of halogens is 1. The lowest BCUT2D eigenvalue weighted by Crippen LogP contribution is -2.35. The molecule has 0 spiro atoms.